The number of rotatable bonds is 4. The van der Waals surface area contributed by atoms with E-state index in [0.29, 0.717) is 0 Å². The summed E-state index contributed by atoms with van der Waals surface area (Å²) in [6.45, 7) is 3.45. The number of hydrogen-bond donors (Lipinski definition) is 1. The summed E-state index contributed by atoms with van der Waals surface area (Å²) >= 11 is 0. The average Bonchev–Trinajstić information content (AvgIpc) is 2.31. The van der Waals surface area contributed by atoms with Crippen LogP contribution in [0.5, 0.6) is 0 Å². The molecule has 1 rings (SSSR count). The molecule has 1 aromatic rings. The number of halogens is 1. The van der Waals surface area contributed by atoms with Gasteiger partial charge in [-0.1, -0.05) is 26.0 Å². The highest BCUT2D eigenvalue weighted by Crippen LogP contribution is 2.18. The molecule has 18 heavy (non-hydrogen) atoms. The zero-order valence-electron chi connectivity index (χ0n) is 10.6. The highest BCUT2D eigenvalue weighted by molar-refractivity contribution is 6.05. The van der Waals surface area contributed by atoms with Crippen molar-refractivity contribution in [3.05, 3.63) is 30.1 Å². The average molecular weight is 253 g/mol. The first kappa shape index (κ1) is 14.2. The fourth-order valence-electron chi connectivity index (χ4n) is 1.58. The second kappa shape index (κ2) is 6.14. The van der Waals surface area contributed by atoms with E-state index in [1.807, 2.05) is 0 Å². The van der Waals surface area contributed by atoms with E-state index < -0.39 is 23.6 Å². The molecule has 0 aromatic heterocycles. The summed E-state index contributed by atoms with van der Waals surface area (Å²) in [7, 11) is 1.22. The van der Waals surface area contributed by atoms with Crippen molar-refractivity contribution in [3.63, 3.8) is 0 Å². The number of hydrogen-bond acceptors (Lipinski definition) is 3. The second-order valence-electron chi connectivity index (χ2n) is 4.21. The van der Waals surface area contributed by atoms with Crippen LogP contribution in [0.4, 0.5) is 10.1 Å². The summed E-state index contributed by atoms with van der Waals surface area (Å²) in [5, 5.41) is 2.39. The van der Waals surface area contributed by atoms with Gasteiger partial charge in [0.25, 0.3) is 0 Å². The van der Waals surface area contributed by atoms with E-state index in [1.165, 1.54) is 25.3 Å². The van der Waals surface area contributed by atoms with Crippen molar-refractivity contribution in [2.45, 2.75) is 13.8 Å². The monoisotopic (exact) mass is 253 g/mol. The Morgan fingerprint density at radius 1 is 1.28 bits per heavy atom. The Balaban J connectivity index is 2.86. The van der Waals surface area contributed by atoms with Crippen molar-refractivity contribution < 1.29 is 18.7 Å². The maximum absolute atomic E-state index is 13.4. The molecule has 0 saturated heterocycles. The van der Waals surface area contributed by atoms with Crippen molar-refractivity contribution in [2.75, 3.05) is 12.4 Å². The van der Waals surface area contributed by atoms with Crippen LogP contribution in [0.15, 0.2) is 24.3 Å². The van der Waals surface area contributed by atoms with E-state index >= 15 is 0 Å². The van der Waals surface area contributed by atoms with Gasteiger partial charge in [0, 0.05) is 0 Å². The zero-order valence-corrected chi connectivity index (χ0v) is 10.6. The number of methoxy groups -OCH3 is 1. The molecule has 0 spiro atoms. The van der Waals surface area contributed by atoms with Crippen LogP contribution in [0.25, 0.3) is 0 Å². The molecular formula is C13H16FNO3. The Kier molecular flexibility index (Phi) is 4.83. The lowest BCUT2D eigenvalue weighted by atomic mass is 9.95. The van der Waals surface area contributed by atoms with Crippen LogP contribution in [0.1, 0.15) is 13.8 Å². The largest absolute Gasteiger partial charge is 0.468 e. The number of ether oxygens (including phenoxy) is 1. The van der Waals surface area contributed by atoms with E-state index in [1.54, 1.807) is 19.9 Å². The van der Waals surface area contributed by atoms with Crippen molar-refractivity contribution in [3.8, 4) is 0 Å². The van der Waals surface area contributed by atoms with Crippen LogP contribution in [0, 0.1) is 17.7 Å². The van der Waals surface area contributed by atoms with Crippen molar-refractivity contribution in [1.29, 1.82) is 0 Å². The fourth-order valence-corrected chi connectivity index (χ4v) is 1.58. The molecule has 1 N–H and O–H groups in total. The number of esters is 1. The maximum atomic E-state index is 13.4. The van der Waals surface area contributed by atoms with E-state index in [9.17, 15) is 14.0 Å². The molecule has 0 aliphatic rings. The van der Waals surface area contributed by atoms with Gasteiger partial charge < -0.3 is 10.1 Å². The number of carbonyl (C=O) groups is 2. The number of para-hydroxylation sites is 1. The normalized spacial score (nSPS) is 12.1. The first-order valence-corrected chi connectivity index (χ1v) is 5.60. The molecule has 0 aliphatic heterocycles. The molecule has 0 fully saturated rings. The predicted octanol–water partition coefficient (Wildman–Crippen LogP) is 2.21. The lowest BCUT2D eigenvalue weighted by Gasteiger charge is -2.17. The van der Waals surface area contributed by atoms with Gasteiger partial charge in [0.1, 0.15) is 11.7 Å². The SMILES string of the molecule is COC(=O)C(C(=O)Nc1ccccc1F)C(C)C. The van der Waals surface area contributed by atoms with E-state index in [2.05, 4.69) is 10.1 Å². The van der Waals surface area contributed by atoms with Gasteiger partial charge in [0.2, 0.25) is 5.91 Å². The molecule has 1 atom stereocenters. The molecule has 0 heterocycles. The minimum atomic E-state index is -0.949. The molecular weight excluding hydrogens is 237 g/mol. The molecule has 1 amide bonds. The van der Waals surface area contributed by atoms with Gasteiger partial charge in [-0.05, 0) is 18.1 Å². The van der Waals surface area contributed by atoms with Crippen LogP contribution in [0.3, 0.4) is 0 Å². The molecule has 4 nitrogen and oxygen atoms in total. The van der Waals surface area contributed by atoms with Crippen molar-refractivity contribution in [2.24, 2.45) is 11.8 Å². The number of amides is 1. The molecule has 1 unspecified atom stereocenters. The summed E-state index contributed by atoms with van der Waals surface area (Å²) in [5.74, 6) is -2.92. The van der Waals surface area contributed by atoms with Gasteiger partial charge >= 0.3 is 5.97 Å². The molecule has 5 heteroatoms. The third-order valence-electron chi connectivity index (χ3n) is 2.54. The summed E-state index contributed by atoms with van der Waals surface area (Å²) in [5.41, 5.74) is 0.0528. The third kappa shape index (κ3) is 3.29. The van der Waals surface area contributed by atoms with Crippen LogP contribution >= 0.6 is 0 Å². The minimum absolute atomic E-state index is 0.0528. The first-order chi connectivity index (χ1) is 8.47. The minimum Gasteiger partial charge on any atom is -0.468 e. The number of benzene rings is 1. The van der Waals surface area contributed by atoms with E-state index in [4.69, 9.17) is 0 Å². The topological polar surface area (TPSA) is 55.4 Å². The summed E-state index contributed by atoms with van der Waals surface area (Å²) < 4.78 is 17.9. The Morgan fingerprint density at radius 3 is 2.39 bits per heavy atom. The van der Waals surface area contributed by atoms with Crippen LogP contribution in [-0.4, -0.2) is 19.0 Å². The van der Waals surface area contributed by atoms with Gasteiger partial charge in [0.15, 0.2) is 0 Å². The number of carbonyl (C=O) groups excluding carboxylic acids is 2. The smallest absolute Gasteiger partial charge is 0.318 e. The number of nitrogens with one attached hydrogen (secondary N) is 1. The standard InChI is InChI=1S/C13H16FNO3/c1-8(2)11(13(17)18-3)12(16)15-10-7-5-4-6-9(10)14/h4-8,11H,1-3H3,(H,15,16). The Labute approximate surface area is 105 Å². The first-order valence-electron chi connectivity index (χ1n) is 5.60. The summed E-state index contributed by atoms with van der Waals surface area (Å²) in [6.07, 6.45) is 0. The molecule has 0 bridgehead atoms. The highest BCUT2D eigenvalue weighted by atomic mass is 19.1. The zero-order chi connectivity index (χ0) is 13.7. The van der Waals surface area contributed by atoms with E-state index in [-0.39, 0.29) is 11.6 Å². The Morgan fingerprint density at radius 2 is 1.89 bits per heavy atom. The lowest BCUT2D eigenvalue weighted by molar-refractivity contribution is -0.150. The van der Waals surface area contributed by atoms with Crippen LogP contribution in [-0.2, 0) is 14.3 Å². The Bertz CT molecular complexity index is 446. The molecule has 98 valence electrons. The van der Waals surface area contributed by atoms with Gasteiger partial charge in [0.05, 0.1) is 12.8 Å². The van der Waals surface area contributed by atoms with Crippen molar-refractivity contribution in [1.82, 2.24) is 0 Å². The van der Waals surface area contributed by atoms with E-state index in [0.717, 1.165) is 0 Å². The Hall–Kier alpha value is -1.91. The highest BCUT2D eigenvalue weighted by Gasteiger charge is 2.31. The van der Waals surface area contributed by atoms with Gasteiger partial charge in [-0.2, -0.15) is 0 Å². The van der Waals surface area contributed by atoms with Crippen LogP contribution in [0.2, 0.25) is 0 Å². The molecule has 1 aromatic carbocycles. The van der Waals surface area contributed by atoms with Crippen molar-refractivity contribution >= 4 is 17.6 Å². The quantitative estimate of drug-likeness (QED) is 0.661. The molecule has 0 saturated carbocycles. The van der Waals surface area contributed by atoms with Gasteiger partial charge in [-0.3, -0.25) is 9.59 Å². The second-order valence-corrected chi connectivity index (χ2v) is 4.21. The molecule has 0 radical (unpaired) electrons. The van der Waals surface area contributed by atoms with Crippen LogP contribution < -0.4 is 5.32 Å². The van der Waals surface area contributed by atoms with Gasteiger partial charge in [-0.25, -0.2) is 4.39 Å². The lowest BCUT2D eigenvalue weighted by Crippen LogP contribution is -2.34. The summed E-state index contributed by atoms with van der Waals surface area (Å²) in [6, 6.07) is 5.78. The number of anilines is 1. The van der Waals surface area contributed by atoms with Gasteiger partial charge in [-0.15, -0.1) is 0 Å². The fraction of sp³-hybridized carbons (Fsp3) is 0.385. The third-order valence-corrected chi connectivity index (χ3v) is 2.54. The summed E-state index contributed by atoms with van der Waals surface area (Å²) in [4.78, 5) is 23.4. The molecule has 0 aliphatic carbocycles. The maximum Gasteiger partial charge on any atom is 0.318 e. The predicted molar refractivity (Wildman–Crippen MR) is 65.4 cm³/mol.